The molecular weight excluding hydrogens is 451 g/mol. The van der Waals surface area contributed by atoms with E-state index in [0.29, 0.717) is 17.0 Å². The number of nitrogens with zero attached hydrogens (tertiary/aromatic N) is 1. The molecule has 3 aromatic rings. The van der Waals surface area contributed by atoms with E-state index in [9.17, 15) is 14.0 Å². The molecule has 0 radical (unpaired) electrons. The van der Waals surface area contributed by atoms with E-state index in [2.05, 4.69) is 5.32 Å². The summed E-state index contributed by atoms with van der Waals surface area (Å²) in [5.41, 5.74) is 2.02. The molecule has 0 spiro atoms. The zero-order chi connectivity index (χ0) is 24.5. The second-order valence-corrected chi connectivity index (χ2v) is 8.88. The average Bonchev–Trinajstić information content (AvgIpc) is 2.83. The minimum absolute atomic E-state index is 0.0412. The van der Waals surface area contributed by atoms with Crippen molar-refractivity contribution in [2.75, 3.05) is 0 Å². The van der Waals surface area contributed by atoms with Gasteiger partial charge >= 0.3 is 0 Å². The van der Waals surface area contributed by atoms with Crippen LogP contribution in [0.2, 0.25) is 5.02 Å². The van der Waals surface area contributed by atoms with Crippen LogP contribution < -0.4 is 5.32 Å². The van der Waals surface area contributed by atoms with Gasteiger partial charge in [-0.25, -0.2) is 4.39 Å². The van der Waals surface area contributed by atoms with Crippen molar-refractivity contribution in [2.45, 2.75) is 51.7 Å². The molecule has 4 nitrogen and oxygen atoms in total. The van der Waals surface area contributed by atoms with E-state index >= 15 is 0 Å². The fourth-order valence-corrected chi connectivity index (χ4v) is 3.95. The number of benzene rings is 3. The van der Waals surface area contributed by atoms with Crippen molar-refractivity contribution in [3.63, 3.8) is 0 Å². The molecule has 0 unspecified atom stereocenters. The summed E-state index contributed by atoms with van der Waals surface area (Å²) in [6, 6.07) is 22.2. The van der Waals surface area contributed by atoms with Crippen LogP contribution in [-0.4, -0.2) is 28.8 Å². The molecule has 0 fully saturated rings. The highest BCUT2D eigenvalue weighted by Crippen LogP contribution is 2.19. The van der Waals surface area contributed by atoms with Gasteiger partial charge in [0.15, 0.2) is 0 Å². The van der Waals surface area contributed by atoms with E-state index in [4.69, 9.17) is 11.6 Å². The Morgan fingerprint density at radius 3 is 2.32 bits per heavy atom. The summed E-state index contributed by atoms with van der Waals surface area (Å²) < 4.78 is 14.4. The molecule has 6 heteroatoms. The van der Waals surface area contributed by atoms with Crippen LogP contribution in [0.4, 0.5) is 4.39 Å². The van der Waals surface area contributed by atoms with Gasteiger partial charge in [-0.2, -0.15) is 0 Å². The molecule has 2 atom stereocenters. The summed E-state index contributed by atoms with van der Waals surface area (Å²) in [6.45, 7) is 4.10. The minimum atomic E-state index is -0.769. The van der Waals surface area contributed by atoms with Crippen LogP contribution in [0.15, 0.2) is 78.9 Å². The molecule has 3 aromatic carbocycles. The third kappa shape index (κ3) is 7.16. The van der Waals surface area contributed by atoms with E-state index in [1.165, 1.54) is 6.07 Å². The molecular formula is C28H30ClFN2O2. The topological polar surface area (TPSA) is 49.4 Å². The first kappa shape index (κ1) is 25.4. The largest absolute Gasteiger partial charge is 0.352 e. The molecule has 2 amide bonds. The van der Waals surface area contributed by atoms with Crippen molar-refractivity contribution >= 4 is 23.4 Å². The van der Waals surface area contributed by atoms with Gasteiger partial charge in [0, 0.05) is 24.0 Å². The summed E-state index contributed by atoms with van der Waals surface area (Å²) in [5.74, 6) is -1.00. The Morgan fingerprint density at radius 2 is 1.65 bits per heavy atom. The Labute approximate surface area is 205 Å². The number of amides is 2. The van der Waals surface area contributed by atoms with Gasteiger partial charge < -0.3 is 10.2 Å². The smallest absolute Gasteiger partial charge is 0.243 e. The monoisotopic (exact) mass is 480 g/mol. The highest BCUT2D eigenvalue weighted by Gasteiger charge is 2.31. The molecule has 0 heterocycles. The van der Waals surface area contributed by atoms with Crippen LogP contribution >= 0.6 is 11.6 Å². The number of halogens is 2. The van der Waals surface area contributed by atoms with Crippen LogP contribution in [0.1, 0.15) is 37.0 Å². The number of rotatable bonds is 10. The van der Waals surface area contributed by atoms with E-state index in [0.717, 1.165) is 17.5 Å². The van der Waals surface area contributed by atoms with Crippen molar-refractivity contribution in [1.29, 1.82) is 0 Å². The van der Waals surface area contributed by atoms with Crippen LogP contribution in [0.5, 0.6) is 0 Å². The molecule has 0 aliphatic carbocycles. The highest BCUT2D eigenvalue weighted by molar-refractivity contribution is 6.30. The molecule has 178 valence electrons. The first-order valence-corrected chi connectivity index (χ1v) is 11.9. The Bertz CT molecular complexity index is 1110. The summed E-state index contributed by atoms with van der Waals surface area (Å²) in [5, 5.41) is 3.57. The normalized spacial score (nSPS) is 12.6. The first-order valence-electron chi connectivity index (χ1n) is 11.5. The van der Waals surface area contributed by atoms with Gasteiger partial charge in [-0.05, 0) is 48.2 Å². The Morgan fingerprint density at radius 1 is 0.971 bits per heavy atom. The molecule has 3 rings (SSSR count). The quantitative estimate of drug-likeness (QED) is 0.412. The molecule has 0 bridgehead atoms. The standard InChI is InChI=1S/C28H30ClFN2O2/c1-3-20(2)31-28(34)26(17-21-10-5-4-6-11-21)32(19-22-12-9-14-24(29)16-22)27(33)18-23-13-7-8-15-25(23)30/h4-16,20,26H,3,17-19H2,1-2H3,(H,31,34)/t20-,26-/m0/s1. The number of carbonyl (C=O) groups is 2. The summed E-state index contributed by atoms with van der Waals surface area (Å²) >= 11 is 6.19. The molecule has 1 N–H and O–H groups in total. The van der Waals surface area contributed by atoms with Gasteiger partial charge in [0.2, 0.25) is 11.8 Å². The third-order valence-corrected chi connectivity index (χ3v) is 6.05. The molecule has 0 aliphatic rings. The summed E-state index contributed by atoms with van der Waals surface area (Å²) in [6.07, 6.45) is 0.961. The van der Waals surface area contributed by atoms with E-state index in [1.54, 1.807) is 35.2 Å². The van der Waals surface area contributed by atoms with Crippen molar-refractivity contribution in [2.24, 2.45) is 0 Å². The predicted molar refractivity (Wildman–Crippen MR) is 134 cm³/mol. The maximum atomic E-state index is 14.4. The Kier molecular flexibility index (Phi) is 9.23. The molecule has 0 aliphatic heterocycles. The number of carbonyl (C=O) groups excluding carboxylic acids is 2. The van der Waals surface area contributed by atoms with Gasteiger partial charge in [0.25, 0.3) is 0 Å². The second-order valence-electron chi connectivity index (χ2n) is 8.44. The number of hydrogen-bond acceptors (Lipinski definition) is 2. The Balaban J connectivity index is 1.98. The predicted octanol–water partition coefficient (Wildman–Crippen LogP) is 5.58. The SMILES string of the molecule is CC[C@H](C)NC(=O)[C@H](Cc1ccccc1)N(Cc1cccc(Cl)c1)C(=O)Cc1ccccc1F. The lowest BCUT2D eigenvalue weighted by Gasteiger charge is -2.32. The molecule has 0 saturated carbocycles. The lowest BCUT2D eigenvalue weighted by atomic mass is 10.0. The second kappa shape index (κ2) is 12.3. The van der Waals surface area contributed by atoms with Gasteiger partial charge in [-0.3, -0.25) is 9.59 Å². The average molecular weight is 481 g/mol. The maximum Gasteiger partial charge on any atom is 0.243 e. The minimum Gasteiger partial charge on any atom is -0.352 e. The van der Waals surface area contributed by atoms with Crippen LogP contribution in [-0.2, 0) is 29.0 Å². The van der Waals surface area contributed by atoms with Gasteiger partial charge in [-0.1, -0.05) is 79.2 Å². The summed E-state index contributed by atoms with van der Waals surface area (Å²) in [7, 11) is 0. The lowest BCUT2D eigenvalue weighted by Crippen LogP contribution is -2.52. The fraction of sp³-hybridized carbons (Fsp3) is 0.286. The van der Waals surface area contributed by atoms with Crippen molar-refractivity contribution in [3.8, 4) is 0 Å². The van der Waals surface area contributed by atoms with Gasteiger partial charge in [-0.15, -0.1) is 0 Å². The van der Waals surface area contributed by atoms with Crippen LogP contribution in [0, 0.1) is 5.82 Å². The van der Waals surface area contributed by atoms with Gasteiger partial charge in [0.1, 0.15) is 11.9 Å². The Hall–Kier alpha value is -3.18. The van der Waals surface area contributed by atoms with E-state index in [1.807, 2.05) is 56.3 Å². The first-order chi connectivity index (χ1) is 16.4. The number of nitrogens with one attached hydrogen (secondary N) is 1. The van der Waals surface area contributed by atoms with Crippen molar-refractivity contribution in [3.05, 3.63) is 106 Å². The van der Waals surface area contributed by atoms with Crippen molar-refractivity contribution in [1.82, 2.24) is 10.2 Å². The van der Waals surface area contributed by atoms with Crippen molar-refractivity contribution < 1.29 is 14.0 Å². The zero-order valence-corrected chi connectivity index (χ0v) is 20.3. The maximum absolute atomic E-state index is 14.4. The number of hydrogen-bond donors (Lipinski definition) is 1. The summed E-state index contributed by atoms with van der Waals surface area (Å²) in [4.78, 5) is 28.6. The molecule has 0 aromatic heterocycles. The fourth-order valence-electron chi connectivity index (χ4n) is 3.73. The highest BCUT2D eigenvalue weighted by atomic mass is 35.5. The zero-order valence-electron chi connectivity index (χ0n) is 19.5. The van der Waals surface area contributed by atoms with Crippen LogP contribution in [0.3, 0.4) is 0 Å². The van der Waals surface area contributed by atoms with E-state index in [-0.39, 0.29) is 30.8 Å². The van der Waals surface area contributed by atoms with E-state index < -0.39 is 11.9 Å². The molecule has 0 saturated heterocycles. The molecule has 34 heavy (non-hydrogen) atoms. The van der Waals surface area contributed by atoms with Crippen LogP contribution in [0.25, 0.3) is 0 Å². The third-order valence-electron chi connectivity index (χ3n) is 5.81. The lowest BCUT2D eigenvalue weighted by molar-refractivity contribution is -0.141. The van der Waals surface area contributed by atoms with Gasteiger partial charge in [0.05, 0.1) is 6.42 Å².